The predicted molar refractivity (Wildman–Crippen MR) is 122 cm³/mol. The van der Waals surface area contributed by atoms with E-state index in [1.165, 1.54) is 28.8 Å². The standard InChI is InChI=1S/C23H28N4O3S/c1-17-5-8-20(18(2)14-17)16-27-23(25-12-11-21-4-3-13-30-21)26-15-19-6-9-22(10-7-19)31(24,28)29/h3-10,13-14H,11-12,15-16H2,1-2H3,(H2,24,28,29)(H2,25,26,27). The van der Waals surface area contributed by atoms with Gasteiger partial charge in [-0.15, -0.1) is 0 Å². The monoisotopic (exact) mass is 440 g/mol. The summed E-state index contributed by atoms with van der Waals surface area (Å²) in [6, 6.07) is 16.6. The summed E-state index contributed by atoms with van der Waals surface area (Å²) in [7, 11) is -3.70. The predicted octanol–water partition coefficient (Wildman–Crippen LogP) is 3.02. The molecule has 2 aromatic carbocycles. The number of nitrogens with two attached hydrogens (primary N) is 1. The van der Waals surface area contributed by atoms with E-state index in [2.05, 4.69) is 47.7 Å². The number of furan rings is 1. The van der Waals surface area contributed by atoms with E-state index in [4.69, 9.17) is 9.56 Å². The third kappa shape index (κ3) is 6.97. The van der Waals surface area contributed by atoms with E-state index in [0.717, 1.165) is 17.7 Å². The quantitative estimate of drug-likeness (QED) is 0.368. The molecule has 164 valence electrons. The first-order valence-electron chi connectivity index (χ1n) is 10.0. The number of hydrogen-bond donors (Lipinski definition) is 3. The summed E-state index contributed by atoms with van der Waals surface area (Å²) in [6.07, 6.45) is 2.40. The van der Waals surface area contributed by atoms with Crippen molar-refractivity contribution in [2.24, 2.45) is 10.1 Å². The van der Waals surface area contributed by atoms with Gasteiger partial charge in [0, 0.05) is 19.5 Å². The van der Waals surface area contributed by atoms with Crippen LogP contribution in [-0.4, -0.2) is 20.9 Å². The zero-order valence-electron chi connectivity index (χ0n) is 17.8. The Morgan fingerprint density at radius 3 is 2.48 bits per heavy atom. The summed E-state index contributed by atoms with van der Waals surface area (Å²) < 4.78 is 28.2. The van der Waals surface area contributed by atoms with Crippen LogP contribution >= 0.6 is 0 Å². The van der Waals surface area contributed by atoms with Crippen molar-refractivity contribution in [3.63, 3.8) is 0 Å². The van der Waals surface area contributed by atoms with Gasteiger partial charge in [0.25, 0.3) is 0 Å². The topological polar surface area (TPSA) is 110 Å². The maximum absolute atomic E-state index is 11.4. The number of guanidine groups is 1. The molecule has 0 saturated carbocycles. The molecule has 1 heterocycles. The molecule has 0 aliphatic rings. The molecule has 7 nitrogen and oxygen atoms in total. The minimum atomic E-state index is -3.70. The molecule has 0 fully saturated rings. The fraction of sp³-hybridized carbons (Fsp3) is 0.261. The molecule has 0 amide bonds. The van der Waals surface area contributed by atoms with Crippen molar-refractivity contribution in [3.05, 3.63) is 88.9 Å². The number of aryl methyl sites for hydroxylation is 2. The number of nitrogens with one attached hydrogen (secondary N) is 2. The summed E-state index contributed by atoms with van der Waals surface area (Å²) in [5, 5.41) is 11.9. The molecular weight excluding hydrogens is 412 g/mol. The number of hydrogen-bond acceptors (Lipinski definition) is 4. The van der Waals surface area contributed by atoms with Crippen LogP contribution in [0, 0.1) is 13.8 Å². The van der Waals surface area contributed by atoms with Gasteiger partial charge in [-0.25, -0.2) is 18.5 Å². The second-order valence-corrected chi connectivity index (χ2v) is 8.95. The van der Waals surface area contributed by atoms with Gasteiger partial charge in [-0.2, -0.15) is 0 Å². The Morgan fingerprint density at radius 2 is 1.84 bits per heavy atom. The molecule has 0 atom stereocenters. The van der Waals surface area contributed by atoms with Gasteiger partial charge in [0.2, 0.25) is 10.0 Å². The molecule has 3 rings (SSSR count). The number of aliphatic imine (C=N–C) groups is 1. The Hall–Kier alpha value is -3.10. The van der Waals surface area contributed by atoms with Gasteiger partial charge in [-0.3, -0.25) is 0 Å². The molecule has 4 N–H and O–H groups in total. The molecular formula is C23H28N4O3S. The average molecular weight is 441 g/mol. The lowest BCUT2D eigenvalue weighted by Crippen LogP contribution is -2.38. The normalized spacial score (nSPS) is 12.0. The molecule has 0 radical (unpaired) electrons. The fourth-order valence-electron chi connectivity index (χ4n) is 3.11. The lowest BCUT2D eigenvalue weighted by Gasteiger charge is -2.14. The van der Waals surface area contributed by atoms with Gasteiger partial charge < -0.3 is 15.1 Å². The van der Waals surface area contributed by atoms with E-state index in [9.17, 15) is 8.42 Å². The molecule has 0 spiro atoms. The van der Waals surface area contributed by atoms with Crippen molar-refractivity contribution in [3.8, 4) is 0 Å². The van der Waals surface area contributed by atoms with E-state index in [-0.39, 0.29) is 4.90 Å². The van der Waals surface area contributed by atoms with Crippen molar-refractivity contribution >= 4 is 16.0 Å². The van der Waals surface area contributed by atoms with E-state index in [0.29, 0.717) is 25.6 Å². The van der Waals surface area contributed by atoms with Crippen LogP contribution in [0.1, 0.15) is 28.0 Å². The first kappa shape index (κ1) is 22.6. The first-order chi connectivity index (χ1) is 14.8. The molecule has 0 aliphatic heterocycles. The smallest absolute Gasteiger partial charge is 0.238 e. The third-order valence-corrected chi connectivity index (χ3v) is 5.79. The Kier molecular flexibility index (Phi) is 7.49. The molecule has 0 saturated heterocycles. The maximum Gasteiger partial charge on any atom is 0.238 e. The molecule has 3 aromatic rings. The van der Waals surface area contributed by atoms with Crippen LogP contribution in [0.4, 0.5) is 0 Å². The summed E-state index contributed by atoms with van der Waals surface area (Å²) in [5.74, 6) is 1.57. The fourth-order valence-corrected chi connectivity index (χ4v) is 3.63. The lowest BCUT2D eigenvalue weighted by atomic mass is 10.1. The summed E-state index contributed by atoms with van der Waals surface area (Å²) in [5.41, 5.74) is 4.53. The minimum Gasteiger partial charge on any atom is -0.469 e. The summed E-state index contributed by atoms with van der Waals surface area (Å²) in [4.78, 5) is 4.74. The molecule has 0 unspecified atom stereocenters. The highest BCUT2D eigenvalue weighted by Crippen LogP contribution is 2.11. The molecule has 1 aromatic heterocycles. The van der Waals surface area contributed by atoms with Crippen LogP contribution in [0.3, 0.4) is 0 Å². The largest absolute Gasteiger partial charge is 0.469 e. The van der Waals surface area contributed by atoms with Crippen LogP contribution in [0.15, 0.2) is 75.2 Å². The second kappa shape index (κ2) is 10.3. The van der Waals surface area contributed by atoms with Crippen LogP contribution < -0.4 is 15.8 Å². The highest BCUT2D eigenvalue weighted by atomic mass is 32.2. The number of sulfonamides is 1. The summed E-state index contributed by atoms with van der Waals surface area (Å²) in [6.45, 7) is 5.88. The number of primary sulfonamides is 1. The Labute approximate surface area is 183 Å². The zero-order chi connectivity index (χ0) is 22.3. The molecule has 0 bridgehead atoms. The van der Waals surface area contributed by atoms with E-state index in [1.54, 1.807) is 18.4 Å². The van der Waals surface area contributed by atoms with E-state index < -0.39 is 10.0 Å². The molecule has 0 aliphatic carbocycles. The number of nitrogens with zero attached hydrogens (tertiary/aromatic N) is 1. The van der Waals surface area contributed by atoms with Crippen molar-refractivity contribution in [2.75, 3.05) is 6.54 Å². The SMILES string of the molecule is Cc1ccc(CNC(=NCc2ccc(S(N)(=O)=O)cc2)NCCc2ccco2)c(C)c1. The van der Waals surface area contributed by atoms with Crippen LogP contribution in [-0.2, 0) is 29.5 Å². The summed E-state index contributed by atoms with van der Waals surface area (Å²) >= 11 is 0. The maximum atomic E-state index is 11.4. The Morgan fingerprint density at radius 1 is 1.06 bits per heavy atom. The van der Waals surface area contributed by atoms with Gasteiger partial charge in [0.1, 0.15) is 5.76 Å². The van der Waals surface area contributed by atoms with Crippen LogP contribution in [0.2, 0.25) is 0 Å². The van der Waals surface area contributed by atoms with Crippen molar-refractivity contribution in [2.45, 2.75) is 38.3 Å². The molecule has 31 heavy (non-hydrogen) atoms. The van der Waals surface area contributed by atoms with Gasteiger partial charge >= 0.3 is 0 Å². The van der Waals surface area contributed by atoms with Gasteiger partial charge in [-0.1, -0.05) is 35.9 Å². The highest BCUT2D eigenvalue weighted by molar-refractivity contribution is 7.89. The van der Waals surface area contributed by atoms with Gasteiger partial charge in [-0.05, 0) is 54.8 Å². The lowest BCUT2D eigenvalue weighted by molar-refractivity contribution is 0.506. The van der Waals surface area contributed by atoms with Crippen LogP contribution in [0.25, 0.3) is 0 Å². The van der Waals surface area contributed by atoms with Crippen molar-refractivity contribution in [1.82, 2.24) is 10.6 Å². The number of rotatable bonds is 8. The second-order valence-electron chi connectivity index (χ2n) is 7.39. The Bertz CT molecular complexity index is 1120. The minimum absolute atomic E-state index is 0.0880. The van der Waals surface area contributed by atoms with E-state index in [1.807, 2.05) is 12.1 Å². The van der Waals surface area contributed by atoms with Crippen molar-refractivity contribution < 1.29 is 12.8 Å². The van der Waals surface area contributed by atoms with E-state index >= 15 is 0 Å². The van der Waals surface area contributed by atoms with Crippen LogP contribution in [0.5, 0.6) is 0 Å². The van der Waals surface area contributed by atoms with Gasteiger partial charge in [0.15, 0.2) is 5.96 Å². The van der Waals surface area contributed by atoms with Gasteiger partial charge in [0.05, 0.1) is 17.7 Å². The third-order valence-electron chi connectivity index (χ3n) is 4.86. The Balaban J connectivity index is 1.67. The highest BCUT2D eigenvalue weighted by Gasteiger charge is 2.07. The zero-order valence-corrected chi connectivity index (χ0v) is 18.6. The van der Waals surface area contributed by atoms with Crippen molar-refractivity contribution in [1.29, 1.82) is 0 Å². The molecule has 8 heteroatoms. The first-order valence-corrected chi connectivity index (χ1v) is 11.6. The number of benzene rings is 2. The average Bonchev–Trinajstić information content (AvgIpc) is 3.24.